The molecular weight excluding hydrogens is 514 g/mol. The van der Waals surface area contributed by atoms with Gasteiger partial charge in [0.15, 0.2) is 6.10 Å². The van der Waals surface area contributed by atoms with Crippen LogP contribution < -0.4 is 14.4 Å². The summed E-state index contributed by atoms with van der Waals surface area (Å²) < 4.78 is 39.4. The smallest absolute Gasteiger partial charge is 0.264 e. The number of carbonyl (C=O) groups is 1. The van der Waals surface area contributed by atoms with E-state index in [1.807, 2.05) is 12.1 Å². The summed E-state index contributed by atoms with van der Waals surface area (Å²) in [6.07, 6.45) is -1.02. The number of hydrogen-bond donors (Lipinski definition) is 1. The Morgan fingerprint density at radius 3 is 2.41 bits per heavy atom. The fourth-order valence-corrected chi connectivity index (χ4v) is 6.05. The van der Waals surface area contributed by atoms with E-state index in [9.17, 15) is 13.2 Å². The van der Waals surface area contributed by atoms with Crippen LogP contribution in [0.1, 0.15) is 11.1 Å². The Kier molecular flexibility index (Phi) is 7.66. The molecule has 0 aliphatic carbocycles. The largest absolute Gasteiger partial charge is 0.476 e. The SMILES string of the molecule is O=C(NCc1ccc(CN2CCOCC2)cc1)[C@@H]1CN(S(=O)(=O)c2ccccc2)c2cc(Cl)ccc2O1. The van der Waals surface area contributed by atoms with E-state index in [-0.39, 0.29) is 17.2 Å². The molecule has 1 saturated heterocycles. The fourth-order valence-electron chi connectivity index (χ4n) is 4.39. The summed E-state index contributed by atoms with van der Waals surface area (Å²) in [7, 11) is -3.94. The third-order valence-electron chi connectivity index (χ3n) is 6.41. The highest BCUT2D eigenvalue weighted by Gasteiger charge is 2.37. The van der Waals surface area contributed by atoms with Crippen molar-refractivity contribution in [2.75, 3.05) is 37.2 Å². The molecule has 0 spiro atoms. The molecule has 1 amide bonds. The maximum absolute atomic E-state index is 13.5. The van der Waals surface area contributed by atoms with Crippen LogP contribution in [0.5, 0.6) is 5.75 Å². The standard InChI is InChI=1S/C27H28ClN3O5S/c28-22-10-11-25-24(16-22)31(37(33,34)23-4-2-1-3-5-23)19-26(36-25)27(32)29-17-20-6-8-21(9-7-20)18-30-12-14-35-15-13-30/h1-11,16,26H,12-15,17-19H2,(H,29,32)/t26-/m0/s1. The minimum absolute atomic E-state index is 0.124. The zero-order valence-electron chi connectivity index (χ0n) is 20.2. The molecule has 0 aromatic heterocycles. The van der Waals surface area contributed by atoms with Gasteiger partial charge in [-0.15, -0.1) is 0 Å². The van der Waals surface area contributed by atoms with Crippen molar-refractivity contribution in [2.45, 2.75) is 24.1 Å². The van der Waals surface area contributed by atoms with Crippen LogP contribution in [0.2, 0.25) is 5.02 Å². The van der Waals surface area contributed by atoms with Crippen molar-refractivity contribution >= 4 is 33.2 Å². The predicted octanol–water partition coefficient (Wildman–Crippen LogP) is 3.44. The molecule has 1 atom stereocenters. The average molecular weight is 542 g/mol. The van der Waals surface area contributed by atoms with Gasteiger partial charge in [0.2, 0.25) is 0 Å². The second-order valence-electron chi connectivity index (χ2n) is 8.99. The number of carbonyl (C=O) groups excluding carboxylic acids is 1. The van der Waals surface area contributed by atoms with E-state index >= 15 is 0 Å². The summed E-state index contributed by atoms with van der Waals surface area (Å²) in [5, 5.41) is 3.26. The molecule has 3 aromatic carbocycles. The van der Waals surface area contributed by atoms with E-state index in [0.717, 1.165) is 38.4 Å². The first-order valence-corrected chi connectivity index (χ1v) is 13.9. The number of anilines is 1. The van der Waals surface area contributed by atoms with Crippen LogP contribution in [-0.2, 0) is 32.6 Å². The zero-order valence-corrected chi connectivity index (χ0v) is 21.7. The summed E-state index contributed by atoms with van der Waals surface area (Å²) in [5.74, 6) is -0.117. The van der Waals surface area contributed by atoms with Crippen LogP contribution >= 0.6 is 11.6 Å². The van der Waals surface area contributed by atoms with Crippen LogP contribution in [0.25, 0.3) is 0 Å². The molecule has 194 valence electrons. The van der Waals surface area contributed by atoms with Gasteiger partial charge < -0.3 is 14.8 Å². The Balaban J connectivity index is 1.27. The molecule has 0 unspecified atom stereocenters. The average Bonchev–Trinajstić information content (AvgIpc) is 2.93. The number of fused-ring (bicyclic) bond motifs is 1. The predicted molar refractivity (Wildman–Crippen MR) is 141 cm³/mol. The molecule has 37 heavy (non-hydrogen) atoms. The van der Waals surface area contributed by atoms with Crippen LogP contribution in [0.4, 0.5) is 5.69 Å². The minimum atomic E-state index is -3.94. The maximum atomic E-state index is 13.5. The van der Waals surface area contributed by atoms with Crippen molar-refractivity contribution in [1.29, 1.82) is 0 Å². The summed E-state index contributed by atoms with van der Waals surface area (Å²) >= 11 is 6.16. The lowest BCUT2D eigenvalue weighted by atomic mass is 10.1. The maximum Gasteiger partial charge on any atom is 0.264 e. The Morgan fingerprint density at radius 1 is 0.973 bits per heavy atom. The van der Waals surface area contributed by atoms with Gasteiger partial charge in [-0.05, 0) is 41.5 Å². The molecule has 0 radical (unpaired) electrons. The second kappa shape index (κ2) is 11.1. The third-order valence-corrected chi connectivity index (χ3v) is 8.44. The highest BCUT2D eigenvalue weighted by molar-refractivity contribution is 7.92. The molecule has 5 rings (SSSR count). The molecule has 0 saturated carbocycles. The van der Waals surface area contributed by atoms with Crippen molar-refractivity contribution in [3.05, 3.63) is 88.9 Å². The Labute approximate surface area is 221 Å². The first-order chi connectivity index (χ1) is 17.9. The molecule has 3 aromatic rings. The number of nitrogens with one attached hydrogen (secondary N) is 1. The number of ether oxygens (including phenoxy) is 2. The summed E-state index contributed by atoms with van der Waals surface area (Å²) in [4.78, 5) is 15.6. The fraction of sp³-hybridized carbons (Fsp3) is 0.296. The molecule has 2 aliphatic rings. The summed E-state index contributed by atoms with van der Waals surface area (Å²) in [6.45, 7) is 4.35. The van der Waals surface area contributed by atoms with E-state index in [1.54, 1.807) is 30.3 Å². The third kappa shape index (κ3) is 5.91. The van der Waals surface area contributed by atoms with Crippen LogP contribution in [0.15, 0.2) is 77.7 Å². The molecule has 1 N–H and O–H groups in total. The van der Waals surface area contributed by atoms with Crippen LogP contribution in [0, 0.1) is 0 Å². The highest BCUT2D eigenvalue weighted by Crippen LogP contribution is 2.38. The number of nitrogens with zero attached hydrogens (tertiary/aromatic N) is 2. The second-order valence-corrected chi connectivity index (χ2v) is 11.3. The molecular formula is C27H28ClN3O5S. The van der Waals surface area contributed by atoms with Gasteiger partial charge in [-0.3, -0.25) is 14.0 Å². The van der Waals surface area contributed by atoms with Gasteiger partial charge in [0.25, 0.3) is 15.9 Å². The number of benzene rings is 3. The lowest BCUT2D eigenvalue weighted by Gasteiger charge is -2.34. The number of sulfonamides is 1. The zero-order chi connectivity index (χ0) is 25.8. The van der Waals surface area contributed by atoms with Gasteiger partial charge in [-0.1, -0.05) is 54.1 Å². The Hall–Kier alpha value is -3.11. The van der Waals surface area contributed by atoms with Gasteiger partial charge in [-0.25, -0.2) is 8.42 Å². The van der Waals surface area contributed by atoms with Gasteiger partial charge in [0.05, 0.1) is 30.3 Å². The van der Waals surface area contributed by atoms with Crippen molar-refractivity contribution in [3.63, 3.8) is 0 Å². The quantitative estimate of drug-likeness (QED) is 0.493. The van der Waals surface area contributed by atoms with Gasteiger partial charge >= 0.3 is 0 Å². The first kappa shape index (κ1) is 25.5. The molecule has 8 nitrogen and oxygen atoms in total. The number of morpholine rings is 1. The van der Waals surface area contributed by atoms with Crippen molar-refractivity contribution in [2.24, 2.45) is 0 Å². The normalized spacial score (nSPS) is 18.1. The highest BCUT2D eigenvalue weighted by atomic mass is 35.5. The van der Waals surface area contributed by atoms with Crippen molar-refractivity contribution in [3.8, 4) is 5.75 Å². The van der Waals surface area contributed by atoms with E-state index in [1.165, 1.54) is 28.1 Å². The number of amides is 1. The minimum Gasteiger partial charge on any atom is -0.476 e. The number of halogens is 1. The molecule has 0 bridgehead atoms. The van der Waals surface area contributed by atoms with E-state index in [2.05, 4.69) is 22.3 Å². The van der Waals surface area contributed by atoms with Crippen LogP contribution in [0.3, 0.4) is 0 Å². The topological polar surface area (TPSA) is 88.2 Å². The first-order valence-electron chi connectivity index (χ1n) is 12.1. The van der Waals surface area contributed by atoms with E-state index in [4.69, 9.17) is 21.1 Å². The van der Waals surface area contributed by atoms with Gasteiger partial charge in [0, 0.05) is 31.2 Å². The van der Waals surface area contributed by atoms with Gasteiger partial charge in [-0.2, -0.15) is 0 Å². The lowest BCUT2D eigenvalue weighted by molar-refractivity contribution is -0.127. The van der Waals surface area contributed by atoms with E-state index < -0.39 is 22.0 Å². The van der Waals surface area contributed by atoms with Crippen molar-refractivity contribution in [1.82, 2.24) is 10.2 Å². The Bertz CT molecular complexity index is 1350. The molecule has 10 heteroatoms. The Morgan fingerprint density at radius 2 is 1.68 bits per heavy atom. The van der Waals surface area contributed by atoms with Gasteiger partial charge in [0.1, 0.15) is 5.75 Å². The van der Waals surface area contributed by atoms with Crippen LogP contribution in [-0.4, -0.2) is 58.2 Å². The number of rotatable bonds is 7. The van der Waals surface area contributed by atoms with Crippen molar-refractivity contribution < 1.29 is 22.7 Å². The molecule has 1 fully saturated rings. The molecule has 2 aliphatic heterocycles. The lowest BCUT2D eigenvalue weighted by Crippen LogP contribution is -2.50. The monoisotopic (exact) mass is 541 g/mol. The number of hydrogen-bond acceptors (Lipinski definition) is 6. The summed E-state index contributed by atoms with van der Waals surface area (Å²) in [6, 6.07) is 20.9. The van der Waals surface area contributed by atoms with E-state index in [0.29, 0.717) is 17.3 Å². The molecule has 2 heterocycles. The summed E-state index contributed by atoms with van der Waals surface area (Å²) in [5.41, 5.74) is 2.44.